The summed E-state index contributed by atoms with van der Waals surface area (Å²) >= 11 is 0. The second-order valence-electron chi connectivity index (χ2n) is 9.22. The van der Waals surface area contributed by atoms with Crippen LogP contribution in [0.5, 0.6) is 0 Å². The number of carbonyl (C=O) groups is 1. The maximum Gasteiger partial charge on any atom is 0.323 e. The molecular formula is C28H36N2O2. The summed E-state index contributed by atoms with van der Waals surface area (Å²) in [5.41, 5.74) is 5.71. The van der Waals surface area contributed by atoms with Crippen LogP contribution in [0.25, 0.3) is 22.0 Å². The molecule has 2 aromatic carbocycles. The first-order chi connectivity index (χ1) is 15.4. The molecule has 170 valence electrons. The van der Waals surface area contributed by atoms with E-state index < -0.39 is 5.97 Å². The normalized spacial score (nSPS) is 11.3. The van der Waals surface area contributed by atoms with Gasteiger partial charge in [0.05, 0.1) is 5.52 Å². The highest BCUT2D eigenvalue weighted by Gasteiger charge is 2.17. The van der Waals surface area contributed by atoms with Gasteiger partial charge in [-0.2, -0.15) is 0 Å². The number of aromatic nitrogens is 1. The molecule has 0 fully saturated rings. The third-order valence-corrected chi connectivity index (χ3v) is 5.78. The number of rotatable bonds is 11. The molecule has 0 amide bonds. The Hall–Kier alpha value is -2.88. The fourth-order valence-electron chi connectivity index (χ4n) is 4.15. The van der Waals surface area contributed by atoms with Crippen molar-refractivity contribution in [1.29, 1.82) is 0 Å². The standard InChI is InChI=1S/C28H36N2O2/c1-5-6-7-8-9-22-12-15-26-25(16-22)24(23-13-10-21(4)11-14-23)17-27(29-26)30(18-20(2)3)19-28(31)32/h10-17,20H,5-9,18-19H2,1-4H3,(H,31,32). The van der Waals surface area contributed by atoms with Crippen molar-refractivity contribution < 1.29 is 9.90 Å². The van der Waals surface area contributed by atoms with Crippen molar-refractivity contribution in [2.45, 2.75) is 59.8 Å². The number of unbranched alkanes of at least 4 members (excludes halogenated alkanes) is 3. The number of nitrogens with zero attached hydrogens (tertiary/aromatic N) is 2. The molecule has 0 aliphatic heterocycles. The molecule has 0 spiro atoms. The topological polar surface area (TPSA) is 53.4 Å². The number of anilines is 1. The predicted octanol–water partition coefficient (Wildman–Crippen LogP) is 6.88. The number of carboxylic acids is 1. The molecule has 32 heavy (non-hydrogen) atoms. The van der Waals surface area contributed by atoms with E-state index in [9.17, 15) is 9.90 Å². The highest BCUT2D eigenvalue weighted by atomic mass is 16.4. The van der Waals surface area contributed by atoms with Crippen molar-refractivity contribution in [1.82, 2.24) is 4.98 Å². The first kappa shape index (κ1) is 23.8. The minimum absolute atomic E-state index is 0.0560. The van der Waals surface area contributed by atoms with Crippen LogP contribution in [-0.4, -0.2) is 29.1 Å². The predicted molar refractivity (Wildman–Crippen MR) is 134 cm³/mol. The van der Waals surface area contributed by atoms with E-state index in [2.05, 4.69) is 76.2 Å². The number of aryl methyl sites for hydroxylation is 2. The molecular weight excluding hydrogens is 396 g/mol. The Kier molecular flexibility index (Phi) is 8.26. The minimum atomic E-state index is -0.841. The lowest BCUT2D eigenvalue weighted by Crippen LogP contribution is -2.33. The minimum Gasteiger partial charge on any atom is -0.480 e. The van der Waals surface area contributed by atoms with E-state index in [0.717, 1.165) is 34.3 Å². The molecule has 0 unspecified atom stereocenters. The Balaban J connectivity index is 2.08. The number of carboxylic acid groups (broad SMARTS) is 1. The van der Waals surface area contributed by atoms with E-state index in [0.29, 0.717) is 12.5 Å². The van der Waals surface area contributed by atoms with E-state index in [1.165, 1.54) is 36.8 Å². The first-order valence-electron chi connectivity index (χ1n) is 11.8. The maximum absolute atomic E-state index is 11.5. The average Bonchev–Trinajstić information content (AvgIpc) is 2.75. The Labute approximate surface area is 192 Å². The summed E-state index contributed by atoms with van der Waals surface area (Å²) in [5, 5.41) is 10.6. The zero-order valence-corrected chi connectivity index (χ0v) is 19.9. The van der Waals surface area contributed by atoms with Crippen molar-refractivity contribution in [3.8, 4) is 11.1 Å². The third-order valence-electron chi connectivity index (χ3n) is 5.78. The Morgan fingerprint density at radius 2 is 1.78 bits per heavy atom. The van der Waals surface area contributed by atoms with Crippen LogP contribution in [0, 0.1) is 12.8 Å². The van der Waals surface area contributed by atoms with Crippen LogP contribution in [0.2, 0.25) is 0 Å². The second kappa shape index (κ2) is 11.1. The van der Waals surface area contributed by atoms with Gasteiger partial charge in [0, 0.05) is 11.9 Å². The third kappa shape index (κ3) is 6.32. The lowest BCUT2D eigenvalue weighted by atomic mass is 9.97. The number of hydrogen-bond acceptors (Lipinski definition) is 3. The second-order valence-corrected chi connectivity index (χ2v) is 9.22. The summed E-state index contributed by atoms with van der Waals surface area (Å²) in [7, 11) is 0. The molecule has 4 nitrogen and oxygen atoms in total. The quantitative estimate of drug-likeness (QED) is 0.336. The average molecular weight is 433 g/mol. The molecule has 1 N–H and O–H groups in total. The molecule has 1 aromatic heterocycles. The van der Waals surface area contributed by atoms with E-state index >= 15 is 0 Å². The van der Waals surface area contributed by atoms with Gasteiger partial charge >= 0.3 is 5.97 Å². The van der Waals surface area contributed by atoms with Gasteiger partial charge in [-0.15, -0.1) is 0 Å². The van der Waals surface area contributed by atoms with Gasteiger partial charge in [0.1, 0.15) is 12.4 Å². The van der Waals surface area contributed by atoms with Crippen LogP contribution >= 0.6 is 0 Å². The molecule has 0 saturated heterocycles. The molecule has 0 saturated carbocycles. The summed E-state index contributed by atoms with van der Waals surface area (Å²) in [6, 6.07) is 17.2. The molecule has 0 bridgehead atoms. The Bertz CT molecular complexity index is 1040. The van der Waals surface area contributed by atoms with Gasteiger partial charge in [-0.25, -0.2) is 4.98 Å². The molecule has 0 aliphatic rings. The van der Waals surface area contributed by atoms with Gasteiger partial charge in [-0.1, -0.05) is 75.9 Å². The van der Waals surface area contributed by atoms with Crippen LogP contribution in [0.15, 0.2) is 48.5 Å². The van der Waals surface area contributed by atoms with Gasteiger partial charge in [0.25, 0.3) is 0 Å². The highest BCUT2D eigenvalue weighted by molar-refractivity contribution is 5.96. The zero-order chi connectivity index (χ0) is 23.1. The first-order valence-corrected chi connectivity index (χ1v) is 11.8. The smallest absolute Gasteiger partial charge is 0.323 e. The zero-order valence-electron chi connectivity index (χ0n) is 19.9. The van der Waals surface area contributed by atoms with Gasteiger partial charge in [-0.05, 0) is 60.6 Å². The number of pyridine rings is 1. The molecule has 3 aromatic rings. The summed E-state index contributed by atoms with van der Waals surface area (Å²) in [6.45, 7) is 9.11. The molecule has 3 rings (SSSR count). The van der Waals surface area contributed by atoms with Gasteiger partial charge in [0.2, 0.25) is 0 Å². The Morgan fingerprint density at radius 1 is 1.03 bits per heavy atom. The van der Waals surface area contributed by atoms with Gasteiger partial charge in [0.15, 0.2) is 0 Å². The van der Waals surface area contributed by atoms with Crippen molar-refractivity contribution in [2.75, 3.05) is 18.0 Å². The highest BCUT2D eigenvalue weighted by Crippen LogP contribution is 2.33. The van der Waals surface area contributed by atoms with E-state index in [4.69, 9.17) is 4.98 Å². The van der Waals surface area contributed by atoms with Crippen LogP contribution in [0.3, 0.4) is 0 Å². The molecule has 0 atom stereocenters. The summed E-state index contributed by atoms with van der Waals surface area (Å²) < 4.78 is 0. The van der Waals surface area contributed by atoms with Crippen LogP contribution in [0.4, 0.5) is 5.82 Å². The van der Waals surface area contributed by atoms with Crippen molar-refractivity contribution >= 4 is 22.7 Å². The van der Waals surface area contributed by atoms with E-state index in [-0.39, 0.29) is 6.54 Å². The number of fused-ring (bicyclic) bond motifs is 1. The monoisotopic (exact) mass is 432 g/mol. The SMILES string of the molecule is CCCCCCc1ccc2nc(N(CC(=O)O)CC(C)C)cc(-c3ccc(C)cc3)c2c1. The van der Waals surface area contributed by atoms with E-state index in [1.807, 2.05) is 4.90 Å². The van der Waals surface area contributed by atoms with Crippen molar-refractivity contribution in [3.63, 3.8) is 0 Å². The molecule has 4 heteroatoms. The van der Waals surface area contributed by atoms with E-state index in [1.54, 1.807) is 0 Å². The molecule has 0 radical (unpaired) electrons. The lowest BCUT2D eigenvalue weighted by Gasteiger charge is -2.25. The summed E-state index contributed by atoms with van der Waals surface area (Å²) in [4.78, 5) is 18.3. The fourth-order valence-corrected chi connectivity index (χ4v) is 4.15. The summed E-state index contributed by atoms with van der Waals surface area (Å²) in [5.74, 6) is 0.215. The Morgan fingerprint density at radius 3 is 2.44 bits per heavy atom. The van der Waals surface area contributed by atoms with Gasteiger partial charge < -0.3 is 10.0 Å². The van der Waals surface area contributed by atoms with Crippen LogP contribution < -0.4 is 4.90 Å². The fraction of sp³-hybridized carbons (Fsp3) is 0.429. The van der Waals surface area contributed by atoms with Crippen molar-refractivity contribution in [3.05, 3.63) is 59.7 Å². The van der Waals surface area contributed by atoms with Gasteiger partial charge in [-0.3, -0.25) is 4.79 Å². The largest absolute Gasteiger partial charge is 0.480 e. The van der Waals surface area contributed by atoms with Crippen molar-refractivity contribution in [2.24, 2.45) is 5.92 Å². The number of benzene rings is 2. The maximum atomic E-state index is 11.5. The molecule has 0 aliphatic carbocycles. The molecule has 1 heterocycles. The summed E-state index contributed by atoms with van der Waals surface area (Å²) in [6.07, 6.45) is 6.05. The number of hydrogen-bond donors (Lipinski definition) is 1. The lowest BCUT2D eigenvalue weighted by molar-refractivity contribution is -0.135. The van der Waals surface area contributed by atoms with Crippen LogP contribution in [0.1, 0.15) is 57.6 Å². The number of aliphatic carboxylic acids is 1. The van der Waals surface area contributed by atoms with Crippen LogP contribution in [-0.2, 0) is 11.2 Å².